The highest BCUT2D eigenvalue weighted by Crippen LogP contribution is 2.32. The molecule has 0 unspecified atom stereocenters. The molecule has 180 valence electrons. The molecule has 0 bridgehead atoms. The van der Waals surface area contributed by atoms with Gasteiger partial charge >= 0.3 is 0 Å². The fraction of sp³-hybridized carbons (Fsp3) is 0.280. The van der Waals surface area contributed by atoms with E-state index in [0.717, 1.165) is 26.2 Å². The van der Waals surface area contributed by atoms with E-state index in [4.69, 9.17) is 17.3 Å². The molecule has 2 amide bonds. The zero-order chi connectivity index (χ0) is 24.5. The highest BCUT2D eigenvalue weighted by atomic mass is 35.5. The van der Waals surface area contributed by atoms with Gasteiger partial charge in [0, 0.05) is 43.5 Å². The lowest BCUT2D eigenvalue weighted by atomic mass is 10.1. The van der Waals surface area contributed by atoms with E-state index in [1.807, 2.05) is 4.90 Å². The average molecular weight is 495 g/mol. The summed E-state index contributed by atoms with van der Waals surface area (Å²) in [6.07, 6.45) is 2.53. The Morgan fingerprint density at radius 3 is 2.37 bits per heavy atom. The molecule has 3 N–H and O–H groups in total. The third-order valence-corrected chi connectivity index (χ3v) is 6.64. The first-order chi connectivity index (χ1) is 16.9. The van der Waals surface area contributed by atoms with Crippen molar-refractivity contribution in [1.29, 1.82) is 0 Å². The van der Waals surface area contributed by atoms with Gasteiger partial charge < -0.3 is 16.0 Å². The number of nitrogens with two attached hydrogens (primary N) is 1. The van der Waals surface area contributed by atoms with Gasteiger partial charge in [-0.2, -0.15) is 0 Å². The fourth-order valence-corrected chi connectivity index (χ4v) is 4.56. The van der Waals surface area contributed by atoms with E-state index in [9.17, 15) is 14.0 Å². The van der Waals surface area contributed by atoms with E-state index in [1.165, 1.54) is 37.1 Å². The van der Waals surface area contributed by atoms with Crippen LogP contribution in [-0.4, -0.2) is 64.0 Å². The maximum Gasteiger partial charge on any atom is 0.271 e. The van der Waals surface area contributed by atoms with E-state index < -0.39 is 11.7 Å². The first-order valence-corrected chi connectivity index (χ1v) is 11.8. The summed E-state index contributed by atoms with van der Waals surface area (Å²) in [4.78, 5) is 29.2. The van der Waals surface area contributed by atoms with Crippen LogP contribution in [0.5, 0.6) is 0 Å². The van der Waals surface area contributed by atoms with Crippen LogP contribution in [0.2, 0.25) is 5.02 Å². The van der Waals surface area contributed by atoms with Crippen molar-refractivity contribution in [1.82, 2.24) is 20.0 Å². The fourth-order valence-electron chi connectivity index (χ4n) is 4.30. The normalized spacial score (nSPS) is 16.2. The minimum atomic E-state index is -0.789. The Kier molecular flexibility index (Phi) is 6.36. The number of carbonyl (C=O) groups excluding carboxylic acids is 2. The molecule has 0 radical (unpaired) electrons. The molecule has 2 aliphatic rings. The summed E-state index contributed by atoms with van der Waals surface area (Å²) in [5, 5.41) is 11.1. The molecule has 8 nitrogen and oxygen atoms in total. The Morgan fingerprint density at radius 1 is 1.03 bits per heavy atom. The van der Waals surface area contributed by atoms with E-state index >= 15 is 0 Å². The number of rotatable bonds is 6. The maximum absolute atomic E-state index is 14.4. The molecule has 0 atom stereocenters. The van der Waals surface area contributed by atoms with Gasteiger partial charge in [-0.25, -0.2) is 4.39 Å². The maximum atomic E-state index is 14.4. The van der Waals surface area contributed by atoms with Crippen LogP contribution in [-0.2, 0) is 0 Å². The number of halogens is 2. The zero-order valence-electron chi connectivity index (χ0n) is 18.9. The Labute approximate surface area is 206 Å². The summed E-state index contributed by atoms with van der Waals surface area (Å²) in [6, 6.07) is 13.4. The lowest BCUT2D eigenvalue weighted by Crippen LogP contribution is -2.49. The predicted octanol–water partition coefficient (Wildman–Crippen LogP) is 3.70. The minimum Gasteiger partial charge on any atom is -0.364 e. The molecule has 10 heteroatoms. The number of carbonyl (C=O) groups is 2. The summed E-state index contributed by atoms with van der Waals surface area (Å²) in [6.45, 7) is 3.27. The van der Waals surface area contributed by atoms with Gasteiger partial charge in [-0.3, -0.25) is 14.5 Å². The van der Waals surface area contributed by atoms with Gasteiger partial charge in [-0.1, -0.05) is 17.7 Å². The molecule has 35 heavy (non-hydrogen) atoms. The van der Waals surface area contributed by atoms with Gasteiger partial charge in [-0.05, 0) is 55.3 Å². The number of piperazine rings is 1. The third kappa shape index (κ3) is 4.96. The Morgan fingerprint density at radius 2 is 1.74 bits per heavy atom. The second kappa shape index (κ2) is 9.59. The van der Waals surface area contributed by atoms with Crippen LogP contribution >= 0.6 is 11.6 Å². The number of hydrogen-bond donors (Lipinski definition) is 2. The number of nitrogens with zero attached hydrogens (tertiary/aromatic N) is 4. The summed E-state index contributed by atoms with van der Waals surface area (Å²) < 4.78 is 14.4. The highest BCUT2D eigenvalue weighted by Gasteiger charge is 2.32. The van der Waals surface area contributed by atoms with Crippen molar-refractivity contribution in [2.75, 3.05) is 31.5 Å². The molecule has 1 aliphatic carbocycles. The summed E-state index contributed by atoms with van der Waals surface area (Å²) in [7, 11) is 0. The first kappa shape index (κ1) is 23.2. The van der Waals surface area contributed by atoms with Crippen LogP contribution in [0, 0.1) is 5.82 Å². The van der Waals surface area contributed by atoms with Gasteiger partial charge in [0.2, 0.25) is 0 Å². The van der Waals surface area contributed by atoms with Crippen molar-refractivity contribution in [3.63, 3.8) is 0 Å². The van der Waals surface area contributed by atoms with Crippen molar-refractivity contribution < 1.29 is 14.0 Å². The van der Waals surface area contributed by atoms with Crippen LogP contribution in [0.4, 0.5) is 15.8 Å². The van der Waals surface area contributed by atoms with E-state index in [0.29, 0.717) is 17.3 Å². The molecule has 1 saturated heterocycles. The van der Waals surface area contributed by atoms with Crippen molar-refractivity contribution >= 4 is 34.8 Å². The smallest absolute Gasteiger partial charge is 0.271 e. The second-order valence-corrected chi connectivity index (χ2v) is 9.12. The predicted molar refractivity (Wildman–Crippen MR) is 131 cm³/mol. The lowest BCUT2D eigenvalue weighted by Gasteiger charge is -2.34. The molecule has 1 saturated carbocycles. The number of primary amides is 1. The molecule has 2 aromatic carbocycles. The monoisotopic (exact) mass is 494 g/mol. The molecule has 2 fully saturated rings. The average Bonchev–Trinajstić information content (AvgIpc) is 3.70. The molecule has 1 aliphatic heterocycles. The van der Waals surface area contributed by atoms with Crippen molar-refractivity contribution in [2.24, 2.45) is 5.73 Å². The number of amides is 2. The van der Waals surface area contributed by atoms with Gasteiger partial charge in [0.25, 0.3) is 11.8 Å². The topological polar surface area (TPSA) is 104 Å². The molecule has 1 aromatic heterocycles. The standard InChI is InChI=1S/C25H24ClFN6O2/c26-18-2-1-3-19(27)22(18)20-14-21(23(24(28)34)31-30-20)29-16-6-4-15(5-7-16)25(35)33-12-10-32(11-13-33)17-8-9-17/h1-7,14,17H,8-13H2,(H2,28,34)(H,29,30). The van der Waals surface area contributed by atoms with E-state index in [2.05, 4.69) is 20.4 Å². The van der Waals surface area contributed by atoms with Crippen LogP contribution in [0.15, 0.2) is 48.5 Å². The van der Waals surface area contributed by atoms with E-state index in [1.54, 1.807) is 24.3 Å². The van der Waals surface area contributed by atoms with Gasteiger partial charge in [0.05, 0.1) is 22.0 Å². The molecule has 0 spiro atoms. The first-order valence-electron chi connectivity index (χ1n) is 11.4. The van der Waals surface area contributed by atoms with Crippen molar-refractivity contribution in [2.45, 2.75) is 18.9 Å². The van der Waals surface area contributed by atoms with Crippen molar-refractivity contribution in [3.05, 3.63) is 70.6 Å². The van der Waals surface area contributed by atoms with E-state index in [-0.39, 0.29) is 33.6 Å². The number of hydrogen-bond acceptors (Lipinski definition) is 6. The van der Waals surface area contributed by atoms with Crippen molar-refractivity contribution in [3.8, 4) is 11.3 Å². The zero-order valence-corrected chi connectivity index (χ0v) is 19.6. The molecule has 2 heterocycles. The molecular formula is C25H24ClFN6O2. The van der Waals surface area contributed by atoms with Gasteiger partial charge in [0.15, 0.2) is 5.69 Å². The number of nitrogens with one attached hydrogen (secondary N) is 1. The SMILES string of the molecule is NC(=O)c1nnc(-c2c(F)cccc2Cl)cc1Nc1ccc(C(=O)N2CCN(C3CC3)CC2)cc1. The van der Waals surface area contributed by atoms with Crippen LogP contribution in [0.1, 0.15) is 33.7 Å². The largest absolute Gasteiger partial charge is 0.364 e. The summed E-state index contributed by atoms with van der Waals surface area (Å²) >= 11 is 6.16. The number of benzene rings is 2. The molecule has 3 aromatic rings. The van der Waals surface area contributed by atoms with Crippen LogP contribution in [0.3, 0.4) is 0 Å². The van der Waals surface area contributed by atoms with Crippen LogP contribution < -0.4 is 11.1 Å². The number of aromatic nitrogens is 2. The second-order valence-electron chi connectivity index (χ2n) is 8.71. The van der Waals surface area contributed by atoms with Gasteiger partial charge in [0.1, 0.15) is 5.82 Å². The minimum absolute atomic E-state index is 0.00752. The summed E-state index contributed by atoms with van der Waals surface area (Å²) in [5.74, 6) is -1.36. The third-order valence-electron chi connectivity index (χ3n) is 6.32. The Balaban J connectivity index is 1.34. The molecule has 5 rings (SSSR count). The molecular weight excluding hydrogens is 471 g/mol. The van der Waals surface area contributed by atoms with Crippen LogP contribution in [0.25, 0.3) is 11.3 Å². The highest BCUT2D eigenvalue weighted by molar-refractivity contribution is 6.33. The van der Waals surface area contributed by atoms with Gasteiger partial charge in [-0.15, -0.1) is 10.2 Å². The quantitative estimate of drug-likeness (QED) is 0.541. The Bertz CT molecular complexity index is 1250. The lowest BCUT2D eigenvalue weighted by molar-refractivity contribution is 0.0627. The Hall–Kier alpha value is -3.56. The summed E-state index contributed by atoms with van der Waals surface area (Å²) in [5.41, 5.74) is 7.01. The number of anilines is 2.